The zero-order valence-corrected chi connectivity index (χ0v) is 13.3. The van der Waals surface area contributed by atoms with Gasteiger partial charge >= 0.3 is 0 Å². The fourth-order valence-corrected chi connectivity index (χ4v) is 2.49. The summed E-state index contributed by atoms with van der Waals surface area (Å²) in [5.41, 5.74) is 1.63. The number of benzene rings is 1. The summed E-state index contributed by atoms with van der Waals surface area (Å²) in [6.45, 7) is 0. The first-order valence-electron chi connectivity index (χ1n) is 7.29. The van der Waals surface area contributed by atoms with E-state index in [0.29, 0.717) is 5.02 Å². The first-order valence-corrected chi connectivity index (χ1v) is 7.67. The summed E-state index contributed by atoms with van der Waals surface area (Å²) in [4.78, 5) is 30.4. The lowest BCUT2D eigenvalue weighted by molar-refractivity contribution is 0.0937. The molecule has 5 nitrogen and oxygen atoms in total. The van der Waals surface area contributed by atoms with Crippen LogP contribution in [0.2, 0.25) is 5.02 Å². The Labute approximate surface area is 143 Å². The predicted molar refractivity (Wildman–Crippen MR) is 92.1 cm³/mol. The van der Waals surface area contributed by atoms with Crippen LogP contribution in [0.3, 0.4) is 0 Å². The average Bonchev–Trinajstić information content (AvgIpc) is 2.61. The molecule has 0 spiro atoms. The molecular weight excluding hydrogens is 326 g/mol. The van der Waals surface area contributed by atoms with E-state index in [9.17, 15) is 9.59 Å². The lowest BCUT2D eigenvalue weighted by Gasteiger charge is -2.19. The normalized spacial score (nSPS) is 11.7. The van der Waals surface area contributed by atoms with Crippen molar-refractivity contribution in [1.29, 1.82) is 0 Å². The molecule has 0 bridgehead atoms. The fourth-order valence-electron chi connectivity index (χ4n) is 2.36. The maximum Gasteiger partial charge on any atom is 0.268 e. The predicted octanol–water partition coefficient (Wildman–Crippen LogP) is 2.94. The van der Waals surface area contributed by atoms with Crippen LogP contribution in [-0.2, 0) is 0 Å². The second-order valence-corrected chi connectivity index (χ2v) is 5.60. The van der Waals surface area contributed by atoms with Gasteiger partial charge in [0.05, 0.1) is 6.04 Å². The highest BCUT2D eigenvalue weighted by Crippen LogP contribution is 2.23. The number of carbonyl (C=O) groups excluding carboxylic acids is 1. The van der Waals surface area contributed by atoms with Gasteiger partial charge in [-0.15, -0.1) is 0 Å². The van der Waals surface area contributed by atoms with Crippen LogP contribution >= 0.6 is 11.6 Å². The molecule has 120 valence electrons. The lowest BCUT2D eigenvalue weighted by Crippen LogP contribution is -2.31. The van der Waals surface area contributed by atoms with Crippen molar-refractivity contribution in [1.82, 2.24) is 15.3 Å². The van der Waals surface area contributed by atoms with Crippen molar-refractivity contribution in [2.45, 2.75) is 6.04 Å². The number of aromatic amines is 1. The van der Waals surface area contributed by atoms with Gasteiger partial charge in [-0.2, -0.15) is 0 Å². The monoisotopic (exact) mass is 339 g/mol. The number of H-pyrrole nitrogens is 1. The van der Waals surface area contributed by atoms with Crippen molar-refractivity contribution >= 4 is 17.5 Å². The molecule has 0 fully saturated rings. The van der Waals surface area contributed by atoms with Crippen LogP contribution in [0.4, 0.5) is 0 Å². The summed E-state index contributed by atoms with van der Waals surface area (Å²) in [6.07, 6.45) is 3.32. The number of pyridine rings is 2. The van der Waals surface area contributed by atoms with Gasteiger partial charge in [-0.05, 0) is 41.5 Å². The number of hydrogen-bond acceptors (Lipinski definition) is 3. The smallest absolute Gasteiger partial charge is 0.268 e. The van der Waals surface area contributed by atoms with Crippen molar-refractivity contribution in [2.24, 2.45) is 0 Å². The van der Waals surface area contributed by atoms with Gasteiger partial charge in [0, 0.05) is 23.5 Å². The second kappa shape index (κ2) is 7.10. The average molecular weight is 340 g/mol. The minimum Gasteiger partial charge on any atom is -0.340 e. The van der Waals surface area contributed by atoms with Crippen LogP contribution < -0.4 is 10.9 Å². The minimum atomic E-state index is -0.388. The van der Waals surface area contributed by atoms with Gasteiger partial charge in [0.15, 0.2) is 0 Å². The molecule has 2 heterocycles. The van der Waals surface area contributed by atoms with Crippen LogP contribution in [0.25, 0.3) is 0 Å². The highest BCUT2D eigenvalue weighted by atomic mass is 35.5. The first-order chi connectivity index (χ1) is 11.6. The Kier molecular flexibility index (Phi) is 4.72. The molecule has 24 heavy (non-hydrogen) atoms. The van der Waals surface area contributed by atoms with E-state index in [4.69, 9.17) is 11.6 Å². The molecule has 1 atom stereocenters. The maximum absolute atomic E-state index is 12.5. The number of halogens is 1. The van der Waals surface area contributed by atoms with Gasteiger partial charge in [-0.25, -0.2) is 0 Å². The van der Waals surface area contributed by atoms with Gasteiger partial charge in [-0.3, -0.25) is 14.6 Å². The highest BCUT2D eigenvalue weighted by Gasteiger charge is 2.18. The highest BCUT2D eigenvalue weighted by molar-refractivity contribution is 6.30. The molecule has 0 aliphatic rings. The summed E-state index contributed by atoms with van der Waals surface area (Å²) in [5.74, 6) is -0.371. The number of rotatable bonds is 4. The summed E-state index contributed by atoms with van der Waals surface area (Å²) in [5, 5.41) is 3.55. The first kappa shape index (κ1) is 16.0. The fraction of sp³-hybridized carbons (Fsp3) is 0.0556. The number of nitrogens with one attached hydrogen (secondary N) is 2. The van der Waals surface area contributed by atoms with Crippen molar-refractivity contribution in [3.05, 3.63) is 99.2 Å². The van der Waals surface area contributed by atoms with Crippen LogP contribution in [0.5, 0.6) is 0 Å². The van der Waals surface area contributed by atoms with Gasteiger partial charge in [0.1, 0.15) is 5.69 Å². The van der Waals surface area contributed by atoms with E-state index in [1.807, 2.05) is 24.3 Å². The zero-order chi connectivity index (χ0) is 16.9. The van der Waals surface area contributed by atoms with E-state index < -0.39 is 0 Å². The number of hydrogen-bond donors (Lipinski definition) is 2. The van der Waals surface area contributed by atoms with Gasteiger partial charge < -0.3 is 10.3 Å². The van der Waals surface area contributed by atoms with E-state index in [-0.39, 0.29) is 23.2 Å². The Balaban J connectivity index is 1.94. The molecule has 1 amide bonds. The molecule has 0 aliphatic carbocycles. The van der Waals surface area contributed by atoms with Crippen molar-refractivity contribution in [2.75, 3.05) is 0 Å². The largest absolute Gasteiger partial charge is 0.340 e. The van der Waals surface area contributed by atoms with Crippen molar-refractivity contribution < 1.29 is 4.79 Å². The van der Waals surface area contributed by atoms with Gasteiger partial charge in [-0.1, -0.05) is 29.8 Å². The molecule has 0 saturated heterocycles. The van der Waals surface area contributed by atoms with E-state index in [2.05, 4.69) is 15.3 Å². The van der Waals surface area contributed by atoms with Gasteiger partial charge in [0.25, 0.3) is 5.91 Å². The summed E-state index contributed by atoms with van der Waals surface area (Å²) >= 11 is 5.94. The molecule has 1 aromatic carbocycles. The Morgan fingerprint density at radius 1 is 1.00 bits per heavy atom. The number of carbonyl (C=O) groups is 1. The summed E-state index contributed by atoms with van der Waals surface area (Å²) < 4.78 is 0. The third-order valence-corrected chi connectivity index (χ3v) is 3.78. The van der Waals surface area contributed by atoms with E-state index in [1.165, 1.54) is 12.1 Å². The van der Waals surface area contributed by atoms with Crippen molar-refractivity contribution in [3.8, 4) is 0 Å². The molecule has 2 N–H and O–H groups in total. The molecule has 0 aliphatic heterocycles. The Bertz CT molecular complexity index is 892. The number of amides is 1. The molecule has 0 saturated carbocycles. The lowest BCUT2D eigenvalue weighted by atomic mass is 9.99. The van der Waals surface area contributed by atoms with E-state index in [0.717, 1.165) is 11.1 Å². The topological polar surface area (TPSA) is 74.8 Å². The Morgan fingerprint density at radius 3 is 2.33 bits per heavy atom. The number of nitrogens with zero attached hydrogens (tertiary/aromatic N) is 1. The third-order valence-electron chi connectivity index (χ3n) is 3.53. The summed E-state index contributed by atoms with van der Waals surface area (Å²) in [6, 6.07) is 14.9. The summed E-state index contributed by atoms with van der Waals surface area (Å²) in [7, 11) is 0. The molecule has 3 aromatic rings. The maximum atomic E-state index is 12.5. The minimum absolute atomic E-state index is 0.204. The molecule has 3 rings (SSSR count). The van der Waals surface area contributed by atoms with E-state index >= 15 is 0 Å². The van der Waals surface area contributed by atoms with Crippen LogP contribution in [0, 0.1) is 0 Å². The Hall–Kier alpha value is -2.92. The molecular formula is C18H14ClN3O2. The molecule has 6 heteroatoms. The van der Waals surface area contributed by atoms with E-state index in [1.54, 1.807) is 30.6 Å². The zero-order valence-electron chi connectivity index (χ0n) is 12.6. The quantitative estimate of drug-likeness (QED) is 0.767. The molecule has 0 unspecified atom stereocenters. The Morgan fingerprint density at radius 2 is 1.67 bits per heavy atom. The second-order valence-electron chi connectivity index (χ2n) is 5.17. The van der Waals surface area contributed by atoms with Crippen LogP contribution in [0.15, 0.2) is 71.8 Å². The SMILES string of the molecule is O=C(N[C@@H](c1ccncc1)c1ccc(Cl)cc1)c1cccc(=O)[nH]1. The molecule has 0 radical (unpaired) electrons. The van der Waals surface area contributed by atoms with Crippen molar-refractivity contribution in [3.63, 3.8) is 0 Å². The third kappa shape index (κ3) is 3.70. The number of aromatic nitrogens is 2. The molecule has 2 aromatic heterocycles. The standard InChI is InChI=1S/C18H14ClN3O2/c19-14-6-4-12(5-7-14)17(13-8-10-20-11-9-13)22-18(24)15-2-1-3-16(23)21-15/h1-11,17H,(H,21,23)(H,22,24)/t17-/m1/s1. The van der Waals surface area contributed by atoms with Crippen LogP contribution in [0.1, 0.15) is 27.7 Å². The van der Waals surface area contributed by atoms with Gasteiger partial charge in [0.2, 0.25) is 5.56 Å². The van der Waals surface area contributed by atoms with Crippen LogP contribution in [-0.4, -0.2) is 15.9 Å².